The van der Waals surface area contributed by atoms with E-state index in [9.17, 15) is 7.77 Å². The molecule has 0 spiro atoms. The number of halogens is 2. The van der Waals surface area contributed by atoms with Gasteiger partial charge in [0.1, 0.15) is 0 Å². The van der Waals surface area contributed by atoms with Crippen molar-refractivity contribution < 1.29 is 24.6 Å². The van der Waals surface area contributed by atoms with Crippen molar-refractivity contribution in [1.82, 2.24) is 0 Å². The Balaban J connectivity index is -0.000000107. The van der Waals surface area contributed by atoms with Crippen LogP contribution >= 0.6 is 0 Å². The molecule has 6 nitrogen and oxygen atoms in total. The molecule has 0 saturated heterocycles. The fourth-order valence-electron chi connectivity index (χ4n) is 0. The van der Waals surface area contributed by atoms with Crippen molar-refractivity contribution in [2.75, 3.05) is 0 Å². The maximum absolute atomic E-state index is 10.4. The van der Waals surface area contributed by atoms with Crippen LogP contribution in [0.4, 0.5) is 7.77 Å². The van der Waals surface area contributed by atoms with Gasteiger partial charge in [-0.25, -0.2) is 10.3 Å². The van der Waals surface area contributed by atoms with Crippen LogP contribution in [0, 0.1) is 0 Å². The van der Waals surface area contributed by atoms with Gasteiger partial charge in [0.15, 0.2) is 0 Å². The predicted molar refractivity (Wildman–Crippen MR) is 34.2 cm³/mol. The third-order valence-electron chi connectivity index (χ3n) is 0. The second-order valence-electron chi connectivity index (χ2n) is 0.951. The Morgan fingerprint density at radius 2 is 0.818 bits per heavy atom. The molecule has 4 N–H and O–H groups in total. The van der Waals surface area contributed by atoms with Gasteiger partial charge in [-0.2, -0.15) is 16.8 Å². The molecular formula is H4F2LiN2O4S2. The van der Waals surface area contributed by atoms with E-state index in [2.05, 4.69) is 10.3 Å². The summed E-state index contributed by atoms with van der Waals surface area (Å²) in [7, 11) is -9.33. The summed E-state index contributed by atoms with van der Waals surface area (Å²) in [6.07, 6.45) is 0. The Labute approximate surface area is 74.8 Å². The van der Waals surface area contributed by atoms with Crippen LogP contribution in [-0.4, -0.2) is 35.7 Å². The minimum atomic E-state index is -4.67. The van der Waals surface area contributed by atoms with E-state index in [1.54, 1.807) is 0 Å². The van der Waals surface area contributed by atoms with Crippen LogP contribution in [0.25, 0.3) is 0 Å². The zero-order valence-electron chi connectivity index (χ0n) is 5.36. The smallest absolute Gasteiger partial charge is 0.202 e. The molecule has 0 bridgehead atoms. The van der Waals surface area contributed by atoms with Gasteiger partial charge in [-0.05, 0) is 0 Å². The van der Waals surface area contributed by atoms with Gasteiger partial charge in [0, 0.05) is 18.9 Å². The van der Waals surface area contributed by atoms with Crippen LogP contribution in [0.3, 0.4) is 0 Å². The van der Waals surface area contributed by atoms with Gasteiger partial charge in [-0.1, -0.05) is 7.77 Å². The molecule has 1 radical (unpaired) electrons. The van der Waals surface area contributed by atoms with E-state index in [0.29, 0.717) is 0 Å². The monoisotopic (exact) mass is 205 g/mol. The van der Waals surface area contributed by atoms with Crippen LogP contribution in [0.5, 0.6) is 0 Å². The minimum absolute atomic E-state index is 0. The fourth-order valence-corrected chi connectivity index (χ4v) is 0. The Hall–Kier alpha value is 0.277. The van der Waals surface area contributed by atoms with Gasteiger partial charge in [0.05, 0.1) is 0 Å². The molecule has 0 saturated carbocycles. The topological polar surface area (TPSA) is 120 Å². The largest absolute Gasteiger partial charge is 0.369 e. The predicted octanol–water partition coefficient (Wildman–Crippen LogP) is -2.06. The third-order valence-corrected chi connectivity index (χ3v) is 0. The zero-order valence-corrected chi connectivity index (χ0v) is 6.99. The number of hydrogen-bond acceptors (Lipinski definition) is 4. The number of rotatable bonds is 0. The van der Waals surface area contributed by atoms with Gasteiger partial charge in [-0.15, -0.1) is 0 Å². The van der Waals surface area contributed by atoms with Crippen LogP contribution in [0.1, 0.15) is 0 Å². The molecule has 0 aromatic heterocycles. The van der Waals surface area contributed by atoms with E-state index in [0.717, 1.165) is 0 Å². The van der Waals surface area contributed by atoms with E-state index in [1.165, 1.54) is 0 Å². The molecule has 0 unspecified atom stereocenters. The Kier molecular flexibility index (Phi) is 9.28. The van der Waals surface area contributed by atoms with Crippen molar-refractivity contribution in [1.29, 1.82) is 0 Å². The molecule has 0 heterocycles. The van der Waals surface area contributed by atoms with Crippen molar-refractivity contribution in [3.05, 3.63) is 0 Å². The molecule has 0 aliphatic rings. The third kappa shape index (κ3) is 9150. The summed E-state index contributed by atoms with van der Waals surface area (Å²) in [5.41, 5.74) is 0. The molecule has 11 heteroatoms. The molecule has 0 rings (SSSR count). The number of nitrogens with two attached hydrogens (primary N) is 2. The Bertz CT molecular complexity index is 220. The van der Waals surface area contributed by atoms with Crippen molar-refractivity contribution in [2.45, 2.75) is 0 Å². The molecule has 0 amide bonds. The Morgan fingerprint density at radius 1 is 0.818 bits per heavy atom. The van der Waals surface area contributed by atoms with Crippen molar-refractivity contribution in [3.8, 4) is 0 Å². The summed E-state index contributed by atoms with van der Waals surface area (Å²) >= 11 is 0. The Morgan fingerprint density at radius 3 is 0.818 bits per heavy atom. The van der Waals surface area contributed by atoms with Crippen LogP contribution < -0.4 is 10.3 Å². The van der Waals surface area contributed by atoms with Crippen LogP contribution in [0.15, 0.2) is 0 Å². The molecule has 65 valence electrons. The van der Waals surface area contributed by atoms with Crippen molar-refractivity contribution in [2.24, 2.45) is 10.3 Å². The summed E-state index contributed by atoms with van der Waals surface area (Å²) < 4.78 is 55.8. The summed E-state index contributed by atoms with van der Waals surface area (Å²) in [5.74, 6) is 0. The van der Waals surface area contributed by atoms with E-state index < -0.39 is 20.8 Å². The van der Waals surface area contributed by atoms with Crippen molar-refractivity contribution in [3.63, 3.8) is 0 Å². The van der Waals surface area contributed by atoms with Crippen molar-refractivity contribution >= 4 is 39.7 Å². The summed E-state index contributed by atoms with van der Waals surface area (Å²) in [5, 5.41) is 7.32. The molecule has 0 aromatic rings. The van der Waals surface area contributed by atoms with Gasteiger partial charge in [0.25, 0.3) is 0 Å². The first kappa shape index (κ1) is 17.4. The average molecular weight is 205 g/mol. The maximum Gasteiger partial charge on any atom is 0.369 e. The molecule has 0 fully saturated rings. The quantitative estimate of drug-likeness (QED) is 0.348. The molecule has 0 aliphatic heterocycles. The molecular weight excluding hydrogens is 201 g/mol. The summed E-state index contributed by atoms with van der Waals surface area (Å²) in [6, 6.07) is 0. The number of hydrogen-bond donors (Lipinski definition) is 2. The van der Waals surface area contributed by atoms with Gasteiger partial charge >= 0.3 is 20.8 Å². The van der Waals surface area contributed by atoms with E-state index in [-0.39, 0.29) is 18.9 Å². The molecule has 0 atom stereocenters. The minimum Gasteiger partial charge on any atom is -0.202 e. The second-order valence-corrected chi connectivity index (χ2v) is 2.85. The van der Waals surface area contributed by atoms with E-state index >= 15 is 0 Å². The van der Waals surface area contributed by atoms with E-state index in [1.807, 2.05) is 0 Å². The SMILES string of the molecule is NS(=O)(=O)F.NS(=O)(=O)F.[Li]. The van der Waals surface area contributed by atoms with Crippen LogP contribution in [0.2, 0.25) is 0 Å². The first-order valence-corrected chi connectivity index (χ1v) is 4.34. The molecule has 0 aliphatic carbocycles. The molecule has 11 heavy (non-hydrogen) atoms. The first-order valence-electron chi connectivity index (χ1n) is 1.45. The summed E-state index contributed by atoms with van der Waals surface area (Å²) in [4.78, 5) is 0. The van der Waals surface area contributed by atoms with Gasteiger partial charge in [-0.3, -0.25) is 0 Å². The second kappa shape index (κ2) is 5.87. The average Bonchev–Trinajstić information content (AvgIpc) is 1.12. The van der Waals surface area contributed by atoms with Gasteiger partial charge in [0.2, 0.25) is 0 Å². The fraction of sp³-hybridized carbons (Fsp3) is 0. The maximum atomic E-state index is 10.4. The van der Waals surface area contributed by atoms with Crippen LogP contribution in [-0.2, 0) is 20.8 Å². The standard InChI is InChI=1S/2FH2NO2S.Li/c2*1-5(2,3)4;/h2*(H2,2,3,4);. The molecule has 0 aromatic carbocycles. The normalized spacial score (nSPS) is 10.5. The first-order chi connectivity index (χ1) is 4.00. The van der Waals surface area contributed by atoms with Gasteiger partial charge < -0.3 is 0 Å². The summed E-state index contributed by atoms with van der Waals surface area (Å²) in [6.45, 7) is 0. The van der Waals surface area contributed by atoms with E-state index in [4.69, 9.17) is 16.8 Å². The zero-order chi connectivity index (χ0) is 9.00.